The Morgan fingerprint density at radius 1 is 1.22 bits per heavy atom. The quantitative estimate of drug-likeness (QED) is 0.400. The summed E-state index contributed by atoms with van der Waals surface area (Å²) in [6.45, 7) is 4.81. The van der Waals surface area contributed by atoms with E-state index in [1.165, 1.54) is 39.3 Å². The van der Waals surface area contributed by atoms with Gasteiger partial charge in [0.25, 0.3) is 12.0 Å². The second kappa shape index (κ2) is 8.93. The fourth-order valence-corrected chi connectivity index (χ4v) is 4.33. The van der Waals surface area contributed by atoms with Crippen LogP contribution < -0.4 is 15.6 Å². The molecule has 2 heterocycles. The lowest BCUT2D eigenvalue weighted by Gasteiger charge is -2.30. The van der Waals surface area contributed by atoms with Crippen molar-refractivity contribution in [2.75, 3.05) is 12.4 Å². The second-order valence-corrected chi connectivity index (χ2v) is 9.83. The average Bonchev–Trinajstić information content (AvgIpc) is 3.60. The van der Waals surface area contributed by atoms with Crippen molar-refractivity contribution < 1.29 is 31.8 Å². The maximum absolute atomic E-state index is 15.3. The molecule has 0 aliphatic heterocycles. The van der Waals surface area contributed by atoms with Crippen LogP contribution in [0.3, 0.4) is 0 Å². The van der Waals surface area contributed by atoms with E-state index in [0.717, 1.165) is 24.5 Å². The number of fused-ring (bicyclic) bond motifs is 1. The van der Waals surface area contributed by atoms with Gasteiger partial charge in [0.2, 0.25) is 5.75 Å². The molecule has 200 valence electrons. The number of methoxy groups -OCH3 is 1. The van der Waals surface area contributed by atoms with Gasteiger partial charge in [-0.3, -0.25) is 9.36 Å². The van der Waals surface area contributed by atoms with Crippen molar-refractivity contribution in [1.29, 1.82) is 0 Å². The molecule has 1 atom stereocenters. The summed E-state index contributed by atoms with van der Waals surface area (Å²) in [5, 5.41) is 13.0. The highest BCUT2D eigenvalue weighted by Crippen LogP contribution is 2.48. The van der Waals surface area contributed by atoms with Crippen molar-refractivity contribution in [3.63, 3.8) is 0 Å². The average molecular weight is 527 g/mol. The fourth-order valence-electron chi connectivity index (χ4n) is 4.33. The van der Waals surface area contributed by atoms with Gasteiger partial charge >= 0.3 is 5.92 Å². The molecule has 1 fully saturated rings. The molecule has 1 aliphatic carbocycles. The van der Waals surface area contributed by atoms with E-state index in [1.54, 1.807) is 0 Å². The van der Waals surface area contributed by atoms with Crippen molar-refractivity contribution in [3.05, 3.63) is 57.5 Å². The smallest absolute Gasteiger partial charge is 0.303 e. The molecule has 4 rings (SSSR count). The van der Waals surface area contributed by atoms with E-state index >= 15 is 4.39 Å². The summed E-state index contributed by atoms with van der Waals surface area (Å²) in [7, 11) is 1.22. The number of alkyl halides is 4. The SMILES string of the molecule is COc1c(=O)n(C2(C(F)F)CC2)cc2c(N[C@H](C)c3cccc(C(F)(F)C(C)(C)O)c3F)nc(C)nc12. The van der Waals surface area contributed by atoms with E-state index in [2.05, 4.69) is 15.3 Å². The maximum Gasteiger partial charge on any atom is 0.303 e. The first-order chi connectivity index (χ1) is 17.2. The summed E-state index contributed by atoms with van der Waals surface area (Å²) < 4.78 is 78.8. The lowest BCUT2D eigenvalue weighted by molar-refractivity contribution is -0.170. The molecular weight excluding hydrogens is 499 g/mol. The van der Waals surface area contributed by atoms with Crippen molar-refractivity contribution in [3.8, 4) is 5.75 Å². The zero-order valence-corrected chi connectivity index (χ0v) is 20.9. The summed E-state index contributed by atoms with van der Waals surface area (Å²) in [4.78, 5) is 21.6. The largest absolute Gasteiger partial charge is 0.490 e. The molecule has 1 saturated carbocycles. The Kier molecular flexibility index (Phi) is 6.46. The number of rotatable bonds is 8. The van der Waals surface area contributed by atoms with Gasteiger partial charge in [0.15, 0.2) is 0 Å². The van der Waals surface area contributed by atoms with Crippen LogP contribution in [0.15, 0.2) is 29.2 Å². The Labute approximate surface area is 209 Å². The molecule has 2 N–H and O–H groups in total. The van der Waals surface area contributed by atoms with E-state index in [-0.39, 0.29) is 46.7 Å². The Morgan fingerprint density at radius 3 is 2.41 bits per heavy atom. The number of ether oxygens (including phenoxy) is 1. The van der Waals surface area contributed by atoms with Crippen LogP contribution in [0.2, 0.25) is 0 Å². The van der Waals surface area contributed by atoms with E-state index in [0.29, 0.717) is 0 Å². The maximum atomic E-state index is 15.3. The predicted molar refractivity (Wildman–Crippen MR) is 127 cm³/mol. The molecule has 12 heteroatoms. The Morgan fingerprint density at radius 2 is 1.86 bits per heavy atom. The third-order valence-electron chi connectivity index (χ3n) is 6.75. The van der Waals surface area contributed by atoms with Crippen LogP contribution in [0.25, 0.3) is 10.9 Å². The van der Waals surface area contributed by atoms with E-state index < -0.39 is 46.5 Å². The predicted octanol–water partition coefficient (Wildman–Crippen LogP) is 5.04. The molecule has 3 aromatic rings. The first-order valence-corrected chi connectivity index (χ1v) is 11.6. The first kappa shape index (κ1) is 26.8. The summed E-state index contributed by atoms with van der Waals surface area (Å²) in [6.07, 6.45) is -1.39. The van der Waals surface area contributed by atoms with Crippen molar-refractivity contribution >= 4 is 16.7 Å². The fraction of sp³-hybridized carbons (Fsp3) is 0.480. The van der Waals surface area contributed by atoms with Gasteiger partial charge in [0.05, 0.1) is 24.1 Å². The number of anilines is 1. The highest BCUT2D eigenvalue weighted by molar-refractivity contribution is 5.92. The van der Waals surface area contributed by atoms with Gasteiger partial charge < -0.3 is 15.2 Å². The normalized spacial score (nSPS) is 16.2. The molecule has 1 aliphatic rings. The number of pyridine rings is 1. The topological polar surface area (TPSA) is 89.3 Å². The number of benzene rings is 1. The van der Waals surface area contributed by atoms with Crippen LogP contribution in [0.4, 0.5) is 27.8 Å². The number of aliphatic hydroxyl groups is 1. The van der Waals surface area contributed by atoms with Crippen molar-refractivity contribution in [2.24, 2.45) is 0 Å². The minimum absolute atomic E-state index is 0.0683. The summed E-state index contributed by atoms with van der Waals surface area (Å²) in [5.74, 6) is -5.07. The third-order valence-corrected chi connectivity index (χ3v) is 6.75. The zero-order chi connectivity index (χ0) is 27.5. The van der Waals surface area contributed by atoms with Gasteiger partial charge in [0.1, 0.15) is 34.1 Å². The molecule has 0 bridgehead atoms. The van der Waals surface area contributed by atoms with Gasteiger partial charge in [-0.2, -0.15) is 8.78 Å². The number of hydrogen-bond acceptors (Lipinski definition) is 6. The third kappa shape index (κ3) is 4.30. The van der Waals surface area contributed by atoms with Crippen LogP contribution >= 0.6 is 0 Å². The first-order valence-electron chi connectivity index (χ1n) is 11.6. The second-order valence-electron chi connectivity index (χ2n) is 9.83. The van der Waals surface area contributed by atoms with E-state index in [9.17, 15) is 27.5 Å². The van der Waals surface area contributed by atoms with Crippen LogP contribution in [-0.2, 0) is 11.5 Å². The number of hydrogen-bond donors (Lipinski definition) is 2. The summed E-state index contributed by atoms with van der Waals surface area (Å²) in [5.41, 5.74) is -6.01. The number of aromatic nitrogens is 3. The van der Waals surface area contributed by atoms with E-state index in [1.807, 2.05) is 0 Å². The Balaban J connectivity index is 1.84. The molecule has 0 saturated heterocycles. The van der Waals surface area contributed by atoms with Crippen molar-refractivity contribution in [2.45, 2.75) is 70.1 Å². The molecule has 7 nitrogen and oxygen atoms in total. The summed E-state index contributed by atoms with van der Waals surface area (Å²) in [6, 6.07) is 2.51. The standard InChI is InChI=1S/C25H27F5N4O3/c1-12(14-7-6-8-16(17(14)26)25(29,30)23(3,4)36)31-20-15-11-34(24(9-10-24)22(27)28)21(35)19(37-5)18(15)32-13(2)33-20/h6-8,11-12,22,36H,9-10H2,1-5H3,(H,31,32,33)/t12-/m1/s1. The Hall–Kier alpha value is -3.28. The zero-order valence-electron chi connectivity index (χ0n) is 20.9. The Bertz CT molecular complexity index is 1410. The number of aryl methyl sites for hydroxylation is 1. The van der Waals surface area contributed by atoms with Crippen LogP contribution in [-0.4, -0.2) is 38.8 Å². The minimum atomic E-state index is -3.89. The molecule has 1 aromatic carbocycles. The van der Waals surface area contributed by atoms with Crippen LogP contribution in [0, 0.1) is 12.7 Å². The number of nitrogens with zero attached hydrogens (tertiary/aromatic N) is 3. The molecule has 2 aromatic heterocycles. The highest BCUT2D eigenvalue weighted by Gasteiger charge is 2.54. The van der Waals surface area contributed by atoms with E-state index in [4.69, 9.17) is 4.74 Å². The lowest BCUT2D eigenvalue weighted by Crippen LogP contribution is -2.41. The number of nitrogens with one attached hydrogen (secondary N) is 1. The van der Waals surface area contributed by atoms with Gasteiger partial charge in [-0.15, -0.1) is 0 Å². The van der Waals surface area contributed by atoms with Crippen LogP contribution in [0.5, 0.6) is 5.75 Å². The monoisotopic (exact) mass is 526 g/mol. The molecular formula is C25H27F5N4O3. The molecule has 0 amide bonds. The minimum Gasteiger partial charge on any atom is -0.490 e. The highest BCUT2D eigenvalue weighted by atomic mass is 19.3. The molecule has 0 radical (unpaired) electrons. The molecule has 37 heavy (non-hydrogen) atoms. The molecule has 0 unspecified atom stereocenters. The lowest BCUT2D eigenvalue weighted by atomic mass is 9.91. The van der Waals surface area contributed by atoms with Crippen LogP contribution in [0.1, 0.15) is 56.6 Å². The summed E-state index contributed by atoms with van der Waals surface area (Å²) >= 11 is 0. The van der Waals surface area contributed by atoms with Crippen molar-refractivity contribution in [1.82, 2.24) is 14.5 Å². The van der Waals surface area contributed by atoms with Gasteiger partial charge in [-0.1, -0.05) is 12.1 Å². The van der Waals surface area contributed by atoms with Gasteiger partial charge in [-0.25, -0.2) is 23.1 Å². The molecule has 0 spiro atoms. The van der Waals surface area contributed by atoms with Gasteiger partial charge in [0, 0.05) is 11.8 Å². The number of halogens is 5. The van der Waals surface area contributed by atoms with Gasteiger partial charge in [-0.05, 0) is 46.6 Å².